The number of nitrogen functional groups attached to an aromatic ring is 1. The Morgan fingerprint density at radius 1 is 1.11 bits per heavy atom. The summed E-state index contributed by atoms with van der Waals surface area (Å²) < 4.78 is 0. The zero-order chi connectivity index (χ0) is 28.3. The SMILES string of the molecule is CCC.CNC(C(=O)NC(C(=O)N(C)C/C=C(\C)C(=O)O)C(C)(C)C)C(C)(C)c1cccc(NN)c1. The number of hydrogen-bond acceptors (Lipinski definition) is 6. The van der Waals surface area contributed by atoms with Crippen LogP contribution >= 0.6 is 0 Å². The molecule has 9 nitrogen and oxygen atoms in total. The van der Waals surface area contributed by atoms with Crippen molar-refractivity contribution in [3.63, 3.8) is 0 Å². The van der Waals surface area contributed by atoms with Crippen molar-refractivity contribution in [2.75, 3.05) is 26.1 Å². The third kappa shape index (κ3) is 9.62. The number of rotatable bonds is 10. The summed E-state index contributed by atoms with van der Waals surface area (Å²) in [6.45, 7) is 15.4. The van der Waals surface area contributed by atoms with Gasteiger partial charge in [-0.15, -0.1) is 0 Å². The van der Waals surface area contributed by atoms with Gasteiger partial charge in [0.15, 0.2) is 0 Å². The number of nitrogens with zero attached hydrogens (tertiary/aromatic N) is 1. The lowest BCUT2D eigenvalue weighted by Crippen LogP contribution is -2.60. The molecule has 9 heteroatoms. The minimum Gasteiger partial charge on any atom is -0.478 e. The van der Waals surface area contributed by atoms with E-state index in [1.165, 1.54) is 24.3 Å². The van der Waals surface area contributed by atoms with Gasteiger partial charge >= 0.3 is 5.97 Å². The van der Waals surface area contributed by atoms with Gasteiger partial charge in [0.2, 0.25) is 11.8 Å². The van der Waals surface area contributed by atoms with Crippen molar-refractivity contribution < 1.29 is 19.5 Å². The molecule has 2 unspecified atom stereocenters. The summed E-state index contributed by atoms with van der Waals surface area (Å²) in [4.78, 5) is 39.1. The molecular weight excluding hydrogens is 458 g/mol. The van der Waals surface area contributed by atoms with E-state index in [-0.39, 0.29) is 23.9 Å². The molecule has 204 valence electrons. The first-order valence-corrected chi connectivity index (χ1v) is 12.3. The van der Waals surface area contributed by atoms with Gasteiger partial charge in [-0.3, -0.25) is 15.4 Å². The Kier molecular flexibility index (Phi) is 13.4. The van der Waals surface area contributed by atoms with E-state index in [4.69, 9.17) is 10.9 Å². The van der Waals surface area contributed by atoms with Crippen molar-refractivity contribution >= 4 is 23.5 Å². The Morgan fingerprint density at radius 3 is 2.11 bits per heavy atom. The van der Waals surface area contributed by atoms with Gasteiger partial charge in [-0.05, 0) is 37.1 Å². The maximum Gasteiger partial charge on any atom is 0.331 e. The van der Waals surface area contributed by atoms with E-state index in [2.05, 4.69) is 29.9 Å². The number of likely N-dealkylation sites (N-methyl/N-ethyl adjacent to an activating group) is 2. The molecule has 0 heterocycles. The molecule has 0 aliphatic rings. The molecule has 0 spiro atoms. The Bertz CT molecular complexity index is 906. The lowest BCUT2D eigenvalue weighted by Gasteiger charge is -2.38. The number of nitrogens with one attached hydrogen (secondary N) is 3. The van der Waals surface area contributed by atoms with Crippen LogP contribution < -0.4 is 21.9 Å². The van der Waals surface area contributed by atoms with Crippen molar-refractivity contribution in [2.24, 2.45) is 11.3 Å². The Balaban J connectivity index is 0.00000387. The summed E-state index contributed by atoms with van der Waals surface area (Å²) in [5.74, 6) is 3.89. The van der Waals surface area contributed by atoms with Gasteiger partial charge in [-0.1, -0.05) is 73.1 Å². The van der Waals surface area contributed by atoms with Crippen molar-refractivity contribution in [1.29, 1.82) is 0 Å². The lowest BCUT2D eigenvalue weighted by atomic mass is 9.76. The van der Waals surface area contributed by atoms with E-state index < -0.39 is 28.9 Å². The highest BCUT2D eigenvalue weighted by Gasteiger charge is 2.40. The van der Waals surface area contributed by atoms with Gasteiger partial charge in [0.25, 0.3) is 0 Å². The first-order chi connectivity index (χ1) is 16.6. The van der Waals surface area contributed by atoms with Crippen LogP contribution in [0.3, 0.4) is 0 Å². The van der Waals surface area contributed by atoms with Crippen LogP contribution in [0, 0.1) is 5.41 Å². The summed E-state index contributed by atoms with van der Waals surface area (Å²) >= 11 is 0. The molecule has 0 radical (unpaired) electrons. The molecule has 2 amide bonds. The Morgan fingerprint density at radius 2 is 1.67 bits per heavy atom. The number of carbonyl (C=O) groups excluding carboxylic acids is 2. The molecule has 1 rings (SSSR count). The number of benzene rings is 1. The van der Waals surface area contributed by atoms with E-state index in [1.54, 1.807) is 14.1 Å². The molecule has 0 saturated heterocycles. The van der Waals surface area contributed by atoms with E-state index in [0.717, 1.165) is 11.3 Å². The molecule has 0 aromatic heterocycles. The second-order valence-corrected chi connectivity index (χ2v) is 10.6. The number of aliphatic carboxylic acids is 1. The molecule has 36 heavy (non-hydrogen) atoms. The molecule has 1 aromatic carbocycles. The monoisotopic (exact) mass is 505 g/mol. The van der Waals surface area contributed by atoms with Crippen molar-refractivity contribution in [2.45, 2.75) is 79.3 Å². The van der Waals surface area contributed by atoms with Gasteiger partial charge in [-0.25, -0.2) is 4.79 Å². The summed E-state index contributed by atoms with van der Waals surface area (Å²) in [6, 6.07) is 6.06. The van der Waals surface area contributed by atoms with Crippen LogP contribution in [0.1, 0.15) is 67.4 Å². The van der Waals surface area contributed by atoms with Gasteiger partial charge < -0.3 is 26.1 Å². The maximum absolute atomic E-state index is 13.4. The number of nitrogens with two attached hydrogens (primary N) is 1. The van der Waals surface area contributed by atoms with Crippen LogP contribution in [0.2, 0.25) is 0 Å². The Labute approximate surface area is 216 Å². The average molecular weight is 506 g/mol. The fraction of sp³-hybridized carbons (Fsp3) is 0.593. The van der Waals surface area contributed by atoms with E-state index in [0.29, 0.717) is 0 Å². The standard InChI is InChI=1S/C24H39N5O4.C3H8/c1-15(22(32)33)12-13-29(8)21(31)19(23(2,3)4)27-20(30)18(26-7)24(5,6)16-10-9-11-17(14-16)28-25;1-3-2/h9-12,14,18-19,26,28H,13,25H2,1-8H3,(H,27,30)(H,32,33);3H2,1-2H3/b15-12+;. The summed E-state index contributed by atoms with van der Waals surface area (Å²) in [5, 5.41) is 15.1. The molecule has 0 aliphatic heterocycles. The topological polar surface area (TPSA) is 137 Å². The van der Waals surface area contributed by atoms with Crippen LogP contribution in [0.5, 0.6) is 0 Å². The smallest absolute Gasteiger partial charge is 0.331 e. The quantitative estimate of drug-likeness (QED) is 0.187. The van der Waals surface area contributed by atoms with E-state index >= 15 is 0 Å². The Hall–Kier alpha value is -2.91. The lowest BCUT2D eigenvalue weighted by molar-refractivity contribution is -0.139. The van der Waals surface area contributed by atoms with Gasteiger partial charge in [0.05, 0.1) is 6.04 Å². The summed E-state index contributed by atoms with van der Waals surface area (Å²) in [6.07, 6.45) is 2.72. The molecule has 2 atom stereocenters. The molecule has 0 saturated carbocycles. The second kappa shape index (κ2) is 14.6. The van der Waals surface area contributed by atoms with Crippen LogP contribution in [-0.2, 0) is 19.8 Å². The number of anilines is 1. The number of carboxylic acids is 1. The fourth-order valence-electron chi connectivity index (χ4n) is 3.54. The number of hydrogen-bond donors (Lipinski definition) is 5. The molecule has 0 bridgehead atoms. The van der Waals surface area contributed by atoms with Crippen molar-refractivity contribution in [1.82, 2.24) is 15.5 Å². The normalized spacial score (nSPS) is 13.6. The van der Waals surface area contributed by atoms with Crippen molar-refractivity contribution in [3.05, 3.63) is 41.5 Å². The maximum atomic E-state index is 13.4. The van der Waals surface area contributed by atoms with Gasteiger partial charge in [-0.2, -0.15) is 0 Å². The first-order valence-electron chi connectivity index (χ1n) is 12.3. The zero-order valence-corrected chi connectivity index (χ0v) is 23.7. The van der Waals surface area contributed by atoms with E-state index in [1.807, 2.05) is 58.9 Å². The summed E-state index contributed by atoms with van der Waals surface area (Å²) in [5.41, 5.74) is 3.21. The third-order valence-electron chi connectivity index (χ3n) is 5.83. The molecule has 6 N–H and O–H groups in total. The van der Waals surface area contributed by atoms with Crippen LogP contribution in [0.15, 0.2) is 35.9 Å². The highest BCUT2D eigenvalue weighted by molar-refractivity contribution is 5.91. The molecule has 0 fully saturated rings. The third-order valence-corrected chi connectivity index (χ3v) is 5.83. The van der Waals surface area contributed by atoms with Gasteiger partial charge in [0, 0.05) is 30.3 Å². The van der Waals surface area contributed by atoms with E-state index in [9.17, 15) is 14.4 Å². The predicted molar refractivity (Wildman–Crippen MR) is 147 cm³/mol. The average Bonchev–Trinajstić information content (AvgIpc) is 2.80. The highest BCUT2D eigenvalue weighted by Crippen LogP contribution is 2.30. The minimum atomic E-state index is -1.04. The number of hydrazine groups is 1. The van der Waals surface area contributed by atoms with Crippen LogP contribution in [0.4, 0.5) is 5.69 Å². The second-order valence-electron chi connectivity index (χ2n) is 10.6. The van der Waals surface area contributed by atoms with Gasteiger partial charge in [0.1, 0.15) is 6.04 Å². The minimum absolute atomic E-state index is 0.124. The highest BCUT2D eigenvalue weighted by atomic mass is 16.4. The zero-order valence-electron chi connectivity index (χ0n) is 23.7. The van der Waals surface area contributed by atoms with Crippen molar-refractivity contribution in [3.8, 4) is 0 Å². The predicted octanol–water partition coefficient (Wildman–Crippen LogP) is 3.27. The molecule has 1 aromatic rings. The largest absolute Gasteiger partial charge is 0.478 e. The fourth-order valence-corrected chi connectivity index (χ4v) is 3.54. The van der Waals surface area contributed by atoms with Crippen LogP contribution in [-0.4, -0.2) is 60.5 Å². The summed E-state index contributed by atoms with van der Waals surface area (Å²) in [7, 11) is 3.29. The first kappa shape index (κ1) is 33.1. The van der Waals surface area contributed by atoms with Crippen LogP contribution in [0.25, 0.3) is 0 Å². The molecular formula is C27H47N5O4. The molecule has 0 aliphatic carbocycles. The number of carboxylic acid groups (broad SMARTS) is 1. The number of amides is 2. The number of carbonyl (C=O) groups is 3.